The third-order valence-corrected chi connectivity index (χ3v) is 5.70. The van der Waals surface area contributed by atoms with Gasteiger partial charge >= 0.3 is 0 Å². The van der Waals surface area contributed by atoms with Crippen LogP contribution < -0.4 is 0 Å². The third-order valence-electron chi connectivity index (χ3n) is 5.70. The normalized spacial score (nSPS) is 26.0. The maximum Gasteiger partial charge on any atom is 0.254 e. The van der Waals surface area contributed by atoms with Crippen molar-refractivity contribution in [1.29, 1.82) is 0 Å². The molecule has 1 amide bonds. The molecule has 2 bridgehead atoms. The first kappa shape index (κ1) is 16.3. The Labute approximate surface area is 149 Å². The number of carbonyl (C=O) groups is 1. The zero-order chi connectivity index (χ0) is 17.6. The molecule has 0 N–H and O–H groups in total. The molecule has 2 fully saturated rings. The number of nitrogens with zero attached hydrogens (tertiary/aromatic N) is 4. The molecule has 0 radical (unpaired) electrons. The molecule has 2 aromatic rings. The lowest BCUT2D eigenvalue weighted by Gasteiger charge is -2.38. The Bertz CT molecular complexity index is 731. The molecule has 2 aliphatic heterocycles. The second-order valence-corrected chi connectivity index (χ2v) is 8.40. The summed E-state index contributed by atoms with van der Waals surface area (Å²) in [7, 11) is 0. The molecule has 2 atom stereocenters. The van der Waals surface area contributed by atoms with Gasteiger partial charge in [0.2, 0.25) is 0 Å². The van der Waals surface area contributed by atoms with E-state index >= 15 is 0 Å². The summed E-state index contributed by atoms with van der Waals surface area (Å²) in [5.41, 5.74) is 2.17. The van der Waals surface area contributed by atoms with E-state index in [0.29, 0.717) is 18.1 Å². The number of amides is 1. The molecule has 2 saturated heterocycles. The predicted octanol–water partition coefficient (Wildman–Crippen LogP) is 3.58. The number of carbonyl (C=O) groups excluding carboxylic acids is 1. The number of benzene rings is 1. The van der Waals surface area contributed by atoms with Gasteiger partial charge in [-0.2, -0.15) is 15.0 Å². The van der Waals surface area contributed by atoms with Crippen molar-refractivity contribution in [3.63, 3.8) is 0 Å². The molecule has 2 aliphatic rings. The fourth-order valence-corrected chi connectivity index (χ4v) is 4.34. The van der Waals surface area contributed by atoms with E-state index in [1.807, 2.05) is 16.9 Å². The van der Waals surface area contributed by atoms with Crippen molar-refractivity contribution >= 4 is 5.91 Å². The first-order chi connectivity index (χ1) is 11.9. The van der Waals surface area contributed by atoms with Crippen molar-refractivity contribution in [2.75, 3.05) is 0 Å². The van der Waals surface area contributed by atoms with Crippen LogP contribution in [0.2, 0.25) is 0 Å². The average Bonchev–Trinajstić information content (AvgIpc) is 3.20. The van der Waals surface area contributed by atoms with Crippen LogP contribution in [0.1, 0.15) is 68.4 Å². The van der Waals surface area contributed by atoms with Crippen LogP contribution in [-0.2, 0) is 5.41 Å². The molecular formula is C20H26N4O. The van der Waals surface area contributed by atoms with Gasteiger partial charge in [-0.3, -0.25) is 4.79 Å². The van der Waals surface area contributed by atoms with Gasteiger partial charge in [-0.15, -0.1) is 0 Å². The molecule has 0 spiro atoms. The van der Waals surface area contributed by atoms with Crippen LogP contribution in [0, 0.1) is 0 Å². The number of rotatable bonds is 2. The van der Waals surface area contributed by atoms with Crippen LogP contribution in [0.5, 0.6) is 0 Å². The van der Waals surface area contributed by atoms with E-state index < -0.39 is 0 Å². The van der Waals surface area contributed by atoms with Crippen LogP contribution in [0.4, 0.5) is 0 Å². The number of hydrogen-bond donors (Lipinski definition) is 0. The Morgan fingerprint density at radius 2 is 1.52 bits per heavy atom. The van der Waals surface area contributed by atoms with Crippen LogP contribution in [0.3, 0.4) is 0 Å². The summed E-state index contributed by atoms with van der Waals surface area (Å²) in [5, 5.41) is 8.60. The summed E-state index contributed by atoms with van der Waals surface area (Å²) in [6.45, 7) is 6.58. The summed E-state index contributed by atoms with van der Waals surface area (Å²) in [6, 6.07) is 9.10. The summed E-state index contributed by atoms with van der Waals surface area (Å²) in [5.74, 6) is 0.180. The van der Waals surface area contributed by atoms with Gasteiger partial charge in [-0.05, 0) is 48.8 Å². The quantitative estimate of drug-likeness (QED) is 0.841. The molecule has 25 heavy (non-hydrogen) atoms. The molecule has 0 saturated carbocycles. The Kier molecular flexibility index (Phi) is 3.89. The minimum absolute atomic E-state index is 0.107. The fraction of sp³-hybridized carbons (Fsp3) is 0.550. The van der Waals surface area contributed by atoms with Gasteiger partial charge in [0.1, 0.15) is 0 Å². The molecule has 0 aliphatic carbocycles. The zero-order valence-corrected chi connectivity index (χ0v) is 15.2. The second-order valence-electron chi connectivity index (χ2n) is 8.40. The maximum absolute atomic E-state index is 13.1. The van der Waals surface area contributed by atoms with Gasteiger partial charge in [0.05, 0.1) is 18.4 Å². The Balaban J connectivity index is 1.52. The maximum atomic E-state index is 13.1. The average molecular weight is 338 g/mol. The molecule has 3 heterocycles. The number of aromatic nitrogens is 3. The highest BCUT2D eigenvalue weighted by atomic mass is 16.2. The second kappa shape index (κ2) is 5.97. The van der Waals surface area contributed by atoms with Gasteiger partial charge in [0.25, 0.3) is 5.91 Å². The number of fused-ring (bicyclic) bond motifs is 2. The predicted molar refractivity (Wildman–Crippen MR) is 96.4 cm³/mol. The van der Waals surface area contributed by atoms with Crippen molar-refractivity contribution < 1.29 is 4.79 Å². The molecule has 4 rings (SSSR count). The van der Waals surface area contributed by atoms with Crippen molar-refractivity contribution in [2.24, 2.45) is 0 Å². The topological polar surface area (TPSA) is 51.0 Å². The lowest BCUT2D eigenvalue weighted by molar-refractivity contribution is 0.0512. The van der Waals surface area contributed by atoms with Crippen molar-refractivity contribution in [3.8, 4) is 0 Å². The number of piperidine rings is 1. The molecule has 1 aromatic heterocycles. The van der Waals surface area contributed by atoms with Crippen molar-refractivity contribution in [2.45, 2.75) is 70.0 Å². The highest BCUT2D eigenvalue weighted by Crippen LogP contribution is 2.41. The van der Waals surface area contributed by atoms with E-state index in [1.54, 1.807) is 12.4 Å². The van der Waals surface area contributed by atoms with Crippen molar-refractivity contribution in [1.82, 2.24) is 19.9 Å². The van der Waals surface area contributed by atoms with Crippen LogP contribution in [0.15, 0.2) is 36.7 Å². The SMILES string of the molecule is CC(C)(C)c1ccc(C(=O)N2C3CCC2CC(n2nccn2)C3)cc1. The van der Waals surface area contributed by atoms with Gasteiger partial charge < -0.3 is 4.90 Å². The summed E-state index contributed by atoms with van der Waals surface area (Å²) >= 11 is 0. The standard InChI is InChI=1S/C20H26N4O/c1-20(2,3)15-6-4-14(5-7-15)19(25)23-16-8-9-17(23)13-18(12-16)24-21-10-11-22-24/h4-7,10-11,16-18H,8-9,12-13H2,1-3H3. The Hall–Kier alpha value is -2.17. The summed E-state index contributed by atoms with van der Waals surface area (Å²) in [6.07, 6.45) is 7.56. The van der Waals surface area contributed by atoms with Gasteiger partial charge in [0.15, 0.2) is 0 Å². The fourth-order valence-electron chi connectivity index (χ4n) is 4.34. The smallest absolute Gasteiger partial charge is 0.254 e. The molecule has 5 heteroatoms. The van der Waals surface area contributed by atoms with E-state index in [0.717, 1.165) is 31.2 Å². The van der Waals surface area contributed by atoms with Crippen LogP contribution >= 0.6 is 0 Å². The first-order valence-corrected chi connectivity index (χ1v) is 9.22. The Morgan fingerprint density at radius 3 is 2.04 bits per heavy atom. The van der Waals surface area contributed by atoms with Crippen LogP contribution in [-0.4, -0.2) is 37.9 Å². The van der Waals surface area contributed by atoms with Crippen molar-refractivity contribution in [3.05, 3.63) is 47.8 Å². The van der Waals surface area contributed by atoms with E-state index in [-0.39, 0.29) is 11.3 Å². The molecule has 132 valence electrons. The van der Waals surface area contributed by atoms with Gasteiger partial charge in [0, 0.05) is 17.6 Å². The molecule has 1 aromatic carbocycles. The minimum atomic E-state index is 0.107. The monoisotopic (exact) mass is 338 g/mol. The Morgan fingerprint density at radius 1 is 0.960 bits per heavy atom. The largest absolute Gasteiger partial charge is 0.333 e. The molecule has 2 unspecified atom stereocenters. The van der Waals surface area contributed by atoms with E-state index in [9.17, 15) is 4.79 Å². The van der Waals surface area contributed by atoms with Gasteiger partial charge in [-0.1, -0.05) is 32.9 Å². The summed E-state index contributed by atoms with van der Waals surface area (Å²) in [4.78, 5) is 17.1. The highest BCUT2D eigenvalue weighted by Gasteiger charge is 2.44. The van der Waals surface area contributed by atoms with E-state index in [4.69, 9.17) is 0 Å². The van der Waals surface area contributed by atoms with Crippen LogP contribution in [0.25, 0.3) is 0 Å². The van der Waals surface area contributed by atoms with Gasteiger partial charge in [-0.25, -0.2) is 0 Å². The lowest BCUT2D eigenvalue weighted by atomic mass is 9.86. The van der Waals surface area contributed by atoms with E-state index in [1.165, 1.54) is 5.56 Å². The third kappa shape index (κ3) is 2.96. The highest BCUT2D eigenvalue weighted by molar-refractivity contribution is 5.95. The summed E-state index contributed by atoms with van der Waals surface area (Å²) < 4.78 is 0. The molecular weight excluding hydrogens is 312 g/mol. The minimum Gasteiger partial charge on any atom is -0.333 e. The van der Waals surface area contributed by atoms with E-state index in [2.05, 4.69) is 48.0 Å². The zero-order valence-electron chi connectivity index (χ0n) is 15.2. The lowest BCUT2D eigenvalue weighted by Crippen LogP contribution is -2.47. The first-order valence-electron chi connectivity index (χ1n) is 9.22. The number of hydrogen-bond acceptors (Lipinski definition) is 3. The molecule has 5 nitrogen and oxygen atoms in total.